The summed E-state index contributed by atoms with van der Waals surface area (Å²) in [4.78, 5) is 23.6. The molecule has 0 bridgehead atoms. The second-order valence-corrected chi connectivity index (χ2v) is 8.07. The van der Waals surface area contributed by atoms with Gasteiger partial charge >= 0.3 is 0 Å². The molecule has 2 aromatic rings. The van der Waals surface area contributed by atoms with E-state index in [1.165, 1.54) is 5.56 Å². The van der Waals surface area contributed by atoms with Gasteiger partial charge in [0, 0.05) is 17.8 Å². The maximum absolute atomic E-state index is 12.2. The van der Waals surface area contributed by atoms with E-state index >= 15 is 0 Å². The molecule has 0 aliphatic rings. The Morgan fingerprint density at radius 3 is 2.19 bits per heavy atom. The molecule has 2 N–H and O–H groups in total. The molecule has 2 rings (SSSR count). The second-order valence-electron chi connectivity index (χ2n) is 7.21. The number of hydrogen-bond acceptors (Lipinski definition) is 3. The van der Waals surface area contributed by atoms with Crippen LogP contribution in [0.5, 0.6) is 5.75 Å². The number of nitrogens with one attached hydrogen (secondary N) is 2. The molecule has 2 aromatic carbocycles. The van der Waals surface area contributed by atoms with Crippen LogP contribution < -0.4 is 15.4 Å². The zero-order valence-corrected chi connectivity index (χ0v) is 17.6. The summed E-state index contributed by atoms with van der Waals surface area (Å²) < 4.78 is 6.43. The summed E-state index contributed by atoms with van der Waals surface area (Å²) in [6.45, 7) is 8.09. The molecule has 2 amide bonds. The van der Waals surface area contributed by atoms with Crippen molar-refractivity contribution < 1.29 is 14.3 Å². The molecule has 0 unspecified atom stereocenters. The SMILES string of the molecule is CCC(=O)Nc1cccc(NC(=O)COc2ccc(C(C)(C)C)cc2Br)c1. The molecule has 0 atom stereocenters. The first-order chi connectivity index (χ1) is 12.7. The summed E-state index contributed by atoms with van der Waals surface area (Å²) in [5.41, 5.74) is 2.45. The first-order valence-electron chi connectivity index (χ1n) is 8.81. The number of carbonyl (C=O) groups excluding carboxylic acids is 2. The quantitative estimate of drug-likeness (QED) is 0.665. The number of halogens is 1. The van der Waals surface area contributed by atoms with Crippen LogP contribution >= 0.6 is 15.9 Å². The molecule has 0 aromatic heterocycles. The number of ether oxygens (including phenoxy) is 1. The molecule has 6 heteroatoms. The fourth-order valence-corrected chi connectivity index (χ4v) is 2.84. The van der Waals surface area contributed by atoms with E-state index in [0.717, 1.165) is 4.47 Å². The van der Waals surface area contributed by atoms with E-state index in [-0.39, 0.29) is 23.8 Å². The predicted octanol–water partition coefficient (Wildman–Crippen LogP) is 5.11. The average Bonchev–Trinajstić information content (AvgIpc) is 2.60. The van der Waals surface area contributed by atoms with Crippen LogP contribution in [0, 0.1) is 0 Å². The molecule has 0 radical (unpaired) electrons. The van der Waals surface area contributed by atoms with Crippen molar-refractivity contribution >= 4 is 39.1 Å². The number of carbonyl (C=O) groups is 2. The van der Waals surface area contributed by atoms with Gasteiger partial charge in [-0.05, 0) is 57.2 Å². The van der Waals surface area contributed by atoms with E-state index in [0.29, 0.717) is 23.5 Å². The fraction of sp³-hybridized carbons (Fsp3) is 0.333. The Morgan fingerprint density at radius 2 is 1.63 bits per heavy atom. The zero-order chi connectivity index (χ0) is 20.0. The Morgan fingerprint density at radius 1 is 1.00 bits per heavy atom. The number of hydrogen-bond donors (Lipinski definition) is 2. The van der Waals surface area contributed by atoms with Crippen LogP contribution in [0.25, 0.3) is 0 Å². The highest BCUT2D eigenvalue weighted by Crippen LogP contribution is 2.31. The maximum Gasteiger partial charge on any atom is 0.262 e. The van der Waals surface area contributed by atoms with Crippen LogP contribution in [0.1, 0.15) is 39.7 Å². The zero-order valence-electron chi connectivity index (χ0n) is 16.1. The number of anilines is 2. The minimum atomic E-state index is -0.277. The molecule has 0 saturated heterocycles. The molecule has 0 aliphatic heterocycles. The van der Waals surface area contributed by atoms with Crippen molar-refractivity contribution in [3.8, 4) is 5.75 Å². The molecule has 0 aliphatic carbocycles. The summed E-state index contributed by atoms with van der Waals surface area (Å²) in [5.74, 6) is 0.258. The van der Waals surface area contributed by atoms with E-state index in [9.17, 15) is 9.59 Å². The molecule has 0 heterocycles. The minimum absolute atomic E-state index is 0.0383. The van der Waals surface area contributed by atoms with Gasteiger partial charge < -0.3 is 15.4 Å². The van der Waals surface area contributed by atoms with Gasteiger partial charge in [0.1, 0.15) is 5.75 Å². The first kappa shape index (κ1) is 21.0. The smallest absolute Gasteiger partial charge is 0.262 e. The maximum atomic E-state index is 12.2. The molecule has 0 spiro atoms. The third-order valence-electron chi connectivity index (χ3n) is 3.91. The number of amides is 2. The highest BCUT2D eigenvalue weighted by atomic mass is 79.9. The Balaban J connectivity index is 1.95. The fourth-order valence-electron chi connectivity index (χ4n) is 2.35. The van der Waals surface area contributed by atoms with E-state index in [1.807, 2.05) is 18.2 Å². The molecule has 5 nitrogen and oxygen atoms in total. The van der Waals surface area contributed by atoms with Gasteiger partial charge in [0.15, 0.2) is 6.61 Å². The van der Waals surface area contributed by atoms with Crippen LogP contribution in [0.15, 0.2) is 46.9 Å². The summed E-state index contributed by atoms with van der Waals surface area (Å²) in [6, 6.07) is 12.9. The third-order valence-corrected chi connectivity index (χ3v) is 4.53. The summed E-state index contributed by atoms with van der Waals surface area (Å²) in [5, 5.41) is 5.53. The van der Waals surface area contributed by atoms with Gasteiger partial charge in [-0.1, -0.05) is 39.8 Å². The van der Waals surface area contributed by atoms with Gasteiger partial charge in [0.25, 0.3) is 5.91 Å². The Hall–Kier alpha value is -2.34. The van der Waals surface area contributed by atoms with Crippen molar-refractivity contribution in [2.24, 2.45) is 0 Å². The van der Waals surface area contributed by atoms with Gasteiger partial charge in [-0.2, -0.15) is 0 Å². The Labute approximate surface area is 168 Å². The number of benzene rings is 2. The predicted molar refractivity (Wildman–Crippen MR) is 112 cm³/mol. The minimum Gasteiger partial charge on any atom is -0.483 e. The van der Waals surface area contributed by atoms with E-state index in [4.69, 9.17) is 4.74 Å². The van der Waals surface area contributed by atoms with E-state index in [2.05, 4.69) is 47.3 Å². The lowest BCUT2D eigenvalue weighted by Crippen LogP contribution is -2.20. The Bertz CT molecular complexity index is 828. The van der Waals surface area contributed by atoms with E-state index in [1.54, 1.807) is 31.2 Å². The highest BCUT2D eigenvalue weighted by molar-refractivity contribution is 9.10. The van der Waals surface area contributed by atoms with Crippen LogP contribution in [0.3, 0.4) is 0 Å². The van der Waals surface area contributed by atoms with Crippen molar-refractivity contribution in [1.82, 2.24) is 0 Å². The number of rotatable bonds is 6. The topological polar surface area (TPSA) is 67.4 Å². The lowest BCUT2D eigenvalue weighted by atomic mass is 9.87. The third kappa shape index (κ3) is 6.40. The van der Waals surface area contributed by atoms with Crippen LogP contribution in [-0.2, 0) is 15.0 Å². The van der Waals surface area contributed by atoms with Crippen molar-refractivity contribution in [1.29, 1.82) is 0 Å². The molecule has 144 valence electrons. The normalized spacial score (nSPS) is 11.0. The van der Waals surface area contributed by atoms with Crippen molar-refractivity contribution in [2.45, 2.75) is 39.5 Å². The van der Waals surface area contributed by atoms with Gasteiger partial charge in [0.2, 0.25) is 5.91 Å². The van der Waals surface area contributed by atoms with Crippen molar-refractivity contribution in [3.63, 3.8) is 0 Å². The van der Waals surface area contributed by atoms with Gasteiger partial charge in [-0.25, -0.2) is 0 Å². The van der Waals surface area contributed by atoms with Gasteiger partial charge in [-0.15, -0.1) is 0 Å². The standard InChI is InChI=1S/C21H25BrN2O3/c1-5-19(25)23-15-7-6-8-16(12-15)24-20(26)13-27-18-10-9-14(11-17(18)22)21(2,3)4/h6-12H,5,13H2,1-4H3,(H,23,25)(H,24,26). The van der Waals surface area contributed by atoms with Crippen LogP contribution in [0.2, 0.25) is 0 Å². The van der Waals surface area contributed by atoms with Crippen molar-refractivity contribution in [2.75, 3.05) is 17.2 Å². The molecular weight excluding hydrogens is 408 g/mol. The van der Waals surface area contributed by atoms with Gasteiger partial charge in [0.05, 0.1) is 4.47 Å². The summed E-state index contributed by atoms with van der Waals surface area (Å²) in [6.07, 6.45) is 0.396. The second kappa shape index (κ2) is 9.04. The molecular formula is C21H25BrN2O3. The average molecular weight is 433 g/mol. The van der Waals surface area contributed by atoms with Crippen molar-refractivity contribution in [3.05, 3.63) is 52.5 Å². The lowest BCUT2D eigenvalue weighted by Gasteiger charge is -2.20. The van der Waals surface area contributed by atoms with Crippen LogP contribution in [-0.4, -0.2) is 18.4 Å². The largest absolute Gasteiger partial charge is 0.483 e. The lowest BCUT2D eigenvalue weighted by molar-refractivity contribution is -0.118. The molecule has 27 heavy (non-hydrogen) atoms. The summed E-state index contributed by atoms with van der Waals surface area (Å²) in [7, 11) is 0. The van der Waals surface area contributed by atoms with Gasteiger partial charge in [-0.3, -0.25) is 9.59 Å². The summed E-state index contributed by atoms with van der Waals surface area (Å²) >= 11 is 3.50. The molecule has 0 saturated carbocycles. The Kier molecular flexibility index (Phi) is 7.02. The monoisotopic (exact) mass is 432 g/mol. The first-order valence-corrected chi connectivity index (χ1v) is 9.61. The van der Waals surface area contributed by atoms with E-state index < -0.39 is 0 Å². The highest BCUT2D eigenvalue weighted by Gasteiger charge is 2.15. The molecule has 0 fully saturated rings. The van der Waals surface area contributed by atoms with Crippen LogP contribution in [0.4, 0.5) is 11.4 Å².